The van der Waals surface area contributed by atoms with Crippen LogP contribution in [0.4, 0.5) is 5.69 Å². The summed E-state index contributed by atoms with van der Waals surface area (Å²) in [7, 11) is 5.90. The Labute approximate surface area is 158 Å². The summed E-state index contributed by atoms with van der Waals surface area (Å²) in [6.45, 7) is 0.320. The molecule has 2 N–H and O–H groups in total. The molecule has 0 aliphatic heterocycles. The van der Waals surface area contributed by atoms with Crippen LogP contribution in [0.3, 0.4) is 0 Å². The highest BCUT2D eigenvalue weighted by Crippen LogP contribution is 2.28. The van der Waals surface area contributed by atoms with Gasteiger partial charge in [0.1, 0.15) is 0 Å². The van der Waals surface area contributed by atoms with Crippen LogP contribution in [0, 0.1) is 0 Å². The Kier molecular flexibility index (Phi) is 5.52. The van der Waals surface area contributed by atoms with Crippen LogP contribution >= 0.6 is 0 Å². The predicted molar refractivity (Wildman–Crippen MR) is 105 cm³/mol. The van der Waals surface area contributed by atoms with Crippen LogP contribution in [-0.4, -0.2) is 46.9 Å². The van der Waals surface area contributed by atoms with E-state index in [1.165, 1.54) is 6.20 Å². The summed E-state index contributed by atoms with van der Waals surface area (Å²) in [6.07, 6.45) is 5.16. The number of carbonyl (C=O) groups is 2. The van der Waals surface area contributed by atoms with Gasteiger partial charge < -0.3 is 20.1 Å². The van der Waals surface area contributed by atoms with Gasteiger partial charge in [0.2, 0.25) is 0 Å². The highest BCUT2D eigenvalue weighted by atomic mass is 16.2. The number of rotatable bonds is 5. The molecule has 2 amide bonds. The van der Waals surface area contributed by atoms with Gasteiger partial charge in [0.25, 0.3) is 0 Å². The fourth-order valence-electron chi connectivity index (χ4n) is 3.10. The highest BCUT2D eigenvalue weighted by molar-refractivity contribution is 6.39. The first kappa shape index (κ1) is 18.6. The molecule has 1 aromatic carbocycles. The summed E-state index contributed by atoms with van der Waals surface area (Å²) in [6, 6.07) is 11.4. The van der Waals surface area contributed by atoms with Crippen molar-refractivity contribution in [3.63, 3.8) is 0 Å². The molecule has 2 heterocycles. The van der Waals surface area contributed by atoms with Crippen LogP contribution in [-0.2, 0) is 16.6 Å². The van der Waals surface area contributed by atoms with Gasteiger partial charge in [-0.2, -0.15) is 0 Å². The molecule has 0 aliphatic rings. The maximum atomic E-state index is 12.2. The molecule has 7 heteroatoms. The van der Waals surface area contributed by atoms with E-state index < -0.39 is 11.8 Å². The van der Waals surface area contributed by atoms with Crippen LogP contribution in [0.5, 0.6) is 0 Å². The minimum atomic E-state index is -0.710. The molecule has 3 rings (SSSR count). The maximum absolute atomic E-state index is 12.2. The lowest BCUT2D eigenvalue weighted by Gasteiger charge is -2.24. The Bertz CT molecular complexity index is 949. The average molecular weight is 365 g/mol. The fourth-order valence-corrected chi connectivity index (χ4v) is 3.10. The molecule has 0 spiro atoms. The van der Waals surface area contributed by atoms with E-state index in [2.05, 4.69) is 38.5 Å². The molecule has 2 aromatic heterocycles. The van der Waals surface area contributed by atoms with E-state index in [4.69, 9.17) is 0 Å². The number of benzene rings is 1. The van der Waals surface area contributed by atoms with E-state index in [9.17, 15) is 9.59 Å². The third-order valence-electron chi connectivity index (χ3n) is 4.49. The van der Waals surface area contributed by atoms with E-state index in [1.54, 1.807) is 18.3 Å². The summed E-state index contributed by atoms with van der Waals surface area (Å²) in [4.78, 5) is 30.2. The molecule has 0 saturated carbocycles. The van der Waals surface area contributed by atoms with Crippen molar-refractivity contribution < 1.29 is 9.59 Å². The van der Waals surface area contributed by atoms with Crippen molar-refractivity contribution in [3.05, 3.63) is 60.6 Å². The van der Waals surface area contributed by atoms with E-state index in [0.29, 0.717) is 12.2 Å². The highest BCUT2D eigenvalue weighted by Gasteiger charge is 2.22. The molecule has 0 fully saturated rings. The van der Waals surface area contributed by atoms with Gasteiger partial charge in [0.05, 0.1) is 17.9 Å². The number of likely N-dealkylation sites (N-methyl/N-ethyl adjacent to an activating group) is 1. The van der Waals surface area contributed by atoms with Crippen molar-refractivity contribution in [2.75, 3.05) is 26.0 Å². The molecule has 0 radical (unpaired) electrons. The molecule has 0 bridgehead atoms. The van der Waals surface area contributed by atoms with Crippen molar-refractivity contribution in [1.29, 1.82) is 0 Å². The zero-order chi connectivity index (χ0) is 19.4. The lowest BCUT2D eigenvalue weighted by molar-refractivity contribution is -0.136. The number of para-hydroxylation sites is 1. The van der Waals surface area contributed by atoms with Crippen molar-refractivity contribution in [2.24, 2.45) is 7.05 Å². The lowest BCUT2D eigenvalue weighted by Crippen LogP contribution is -2.40. The quantitative estimate of drug-likeness (QED) is 0.677. The molecule has 27 heavy (non-hydrogen) atoms. The Morgan fingerprint density at radius 1 is 1.15 bits per heavy atom. The number of hydrogen-bond donors (Lipinski definition) is 2. The van der Waals surface area contributed by atoms with Crippen LogP contribution < -0.4 is 10.6 Å². The van der Waals surface area contributed by atoms with Crippen molar-refractivity contribution in [2.45, 2.75) is 6.04 Å². The van der Waals surface area contributed by atoms with Crippen molar-refractivity contribution >= 4 is 28.4 Å². The second kappa shape index (κ2) is 8.01. The number of amides is 2. The Hall–Kier alpha value is -3.19. The number of hydrogen-bond acceptors (Lipinski definition) is 4. The minimum absolute atomic E-state index is 0.0637. The van der Waals surface area contributed by atoms with Crippen LogP contribution in [0.15, 0.2) is 55.0 Å². The lowest BCUT2D eigenvalue weighted by atomic mass is 10.0. The number of aromatic nitrogens is 2. The smallest absolute Gasteiger partial charge is 0.313 e. The number of nitrogens with zero attached hydrogens (tertiary/aromatic N) is 3. The molecule has 0 aliphatic carbocycles. The topological polar surface area (TPSA) is 79.3 Å². The first-order valence-corrected chi connectivity index (χ1v) is 8.67. The van der Waals surface area contributed by atoms with Gasteiger partial charge in [-0.25, -0.2) is 0 Å². The third kappa shape index (κ3) is 4.15. The van der Waals surface area contributed by atoms with Gasteiger partial charge >= 0.3 is 11.8 Å². The average Bonchev–Trinajstić information content (AvgIpc) is 2.99. The Morgan fingerprint density at radius 2 is 1.93 bits per heavy atom. The van der Waals surface area contributed by atoms with Crippen molar-refractivity contribution in [3.8, 4) is 0 Å². The fraction of sp³-hybridized carbons (Fsp3) is 0.250. The van der Waals surface area contributed by atoms with E-state index >= 15 is 0 Å². The van der Waals surface area contributed by atoms with Gasteiger partial charge in [0.15, 0.2) is 0 Å². The van der Waals surface area contributed by atoms with Gasteiger partial charge in [-0.15, -0.1) is 0 Å². The zero-order valence-electron chi connectivity index (χ0n) is 15.6. The second-order valence-corrected chi connectivity index (χ2v) is 6.60. The molecule has 1 atom stereocenters. The van der Waals surface area contributed by atoms with Crippen LogP contribution in [0.25, 0.3) is 10.9 Å². The predicted octanol–water partition coefficient (Wildman–Crippen LogP) is 1.93. The largest absolute Gasteiger partial charge is 0.350 e. The zero-order valence-corrected chi connectivity index (χ0v) is 15.6. The number of anilines is 1. The SMILES string of the molecule is CN(C)[C@H](CNC(=O)C(=O)Nc1cccnc1)c1cn(C)c2ccccc12. The normalized spacial score (nSPS) is 12.1. The molecule has 7 nitrogen and oxygen atoms in total. The number of aryl methyl sites for hydroxylation is 1. The van der Waals surface area contributed by atoms with E-state index in [1.807, 2.05) is 38.2 Å². The summed E-state index contributed by atoms with van der Waals surface area (Å²) < 4.78 is 2.07. The third-order valence-corrected chi connectivity index (χ3v) is 4.49. The number of fused-ring (bicyclic) bond motifs is 1. The maximum Gasteiger partial charge on any atom is 0.313 e. The molecule has 0 saturated heterocycles. The summed E-state index contributed by atoms with van der Waals surface area (Å²) in [5, 5.41) is 6.40. The molecule has 3 aromatic rings. The van der Waals surface area contributed by atoms with Gasteiger partial charge in [-0.3, -0.25) is 14.6 Å². The molecule has 0 unspecified atom stereocenters. The Balaban J connectivity index is 1.71. The monoisotopic (exact) mass is 365 g/mol. The van der Waals surface area contributed by atoms with E-state index in [-0.39, 0.29) is 6.04 Å². The van der Waals surface area contributed by atoms with Gasteiger partial charge in [-0.05, 0) is 37.9 Å². The number of pyridine rings is 1. The summed E-state index contributed by atoms with van der Waals surface area (Å²) in [5.74, 6) is -1.38. The number of carbonyl (C=O) groups excluding carboxylic acids is 2. The van der Waals surface area contributed by atoms with Gasteiger partial charge in [0, 0.05) is 36.9 Å². The van der Waals surface area contributed by atoms with Crippen LogP contribution in [0.1, 0.15) is 11.6 Å². The second-order valence-electron chi connectivity index (χ2n) is 6.60. The van der Waals surface area contributed by atoms with E-state index in [0.717, 1.165) is 16.5 Å². The first-order chi connectivity index (χ1) is 13.0. The first-order valence-electron chi connectivity index (χ1n) is 8.67. The molecule has 140 valence electrons. The molecular weight excluding hydrogens is 342 g/mol. The summed E-state index contributed by atoms with van der Waals surface area (Å²) >= 11 is 0. The van der Waals surface area contributed by atoms with Crippen molar-refractivity contribution in [1.82, 2.24) is 19.8 Å². The van der Waals surface area contributed by atoms with Crippen LogP contribution in [0.2, 0.25) is 0 Å². The summed E-state index contributed by atoms with van der Waals surface area (Å²) in [5.41, 5.74) is 2.71. The standard InChI is InChI=1S/C20H23N5O2/c1-24(2)18(16-13-25(3)17-9-5-4-8-15(16)17)12-22-19(26)20(27)23-14-7-6-10-21-11-14/h4-11,13,18H,12H2,1-3H3,(H,22,26)(H,23,27)/t18-/m1/s1. The van der Waals surface area contributed by atoms with Gasteiger partial charge in [-0.1, -0.05) is 18.2 Å². The minimum Gasteiger partial charge on any atom is -0.350 e. The molecular formula is C20H23N5O2. The Morgan fingerprint density at radius 3 is 2.63 bits per heavy atom. The number of nitrogens with one attached hydrogen (secondary N) is 2.